The van der Waals surface area contributed by atoms with Gasteiger partial charge in [0.2, 0.25) is 11.8 Å². The van der Waals surface area contributed by atoms with Crippen molar-refractivity contribution in [1.82, 2.24) is 40.4 Å². The number of methoxy groups -OCH3 is 2. The number of ether oxygens (including phenoxy) is 3. The largest absolute Gasteiger partial charge is 0.453 e. The Balaban J connectivity index is 0.938. The first-order chi connectivity index (χ1) is 30.3. The minimum atomic E-state index is -2.99. The summed E-state index contributed by atoms with van der Waals surface area (Å²) in [6.07, 6.45) is 6.25. The van der Waals surface area contributed by atoms with Crippen molar-refractivity contribution in [2.45, 2.75) is 83.2 Å². The van der Waals surface area contributed by atoms with Gasteiger partial charge >= 0.3 is 18.8 Å². The molecule has 1 saturated carbocycles. The molecule has 2 saturated heterocycles. The van der Waals surface area contributed by atoms with Crippen molar-refractivity contribution in [1.29, 1.82) is 0 Å². The van der Waals surface area contributed by atoms with E-state index in [1.165, 1.54) is 7.11 Å². The molecule has 4 atom stereocenters. The zero-order valence-corrected chi connectivity index (χ0v) is 35.7. The molecule has 4 amide bonds. The van der Waals surface area contributed by atoms with Crippen LogP contribution in [0.5, 0.6) is 0 Å². The first kappa shape index (κ1) is 43.3. The van der Waals surface area contributed by atoms with Crippen molar-refractivity contribution >= 4 is 34.8 Å². The summed E-state index contributed by atoms with van der Waals surface area (Å²) in [6, 6.07) is 18.3. The van der Waals surface area contributed by atoms with Gasteiger partial charge in [0.05, 0.1) is 56.7 Å². The Bertz CT molecular complexity index is 2470. The number of aromatic amines is 2. The van der Waals surface area contributed by atoms with E-state index in [0.29, 0.717) is 31.8 Å². The van der Waals surface area contributed by atoms with Gasteiger partial charge in [-0.05, 0) is 83.0 Å². The third-order valence-corrected chi connectivity index (χ3v) is 12.6. The summed E-state index contributed by atoms with van der Waals surface area (Å²) in [4.78, 5) is 71.3. The highest BCUT2D eigenvalue weighted by Crippen LogP contribution is 2.58. The van der Waals surface area contributed by atoms with E-state index < -0.39 is 43.4 Å². The molecule has 4 unspecified atom stereocenters. The van der Waals surface area contributed by atoms with E-state index in [2.05, 4.69) is 71.5 Å². The summed E-state index contributed by atoms with van der Waals surface area (Å²) >= 11 is 0. The summed E-state index contributed by atoms with van der Waals surface area (Å²) in [6.45, 7) is 1.47. The van der Waals surface area contributed by atoms with Gasteiger partial charge < -0.3 is 44.6 Å². The number of nitrogens with one attached hydrogen (secondary N) is 4. The van der Waals surface area contributed by atoms with Gasteiger partial charge in [-0.15, -0.1) is 0 Å². The lowest BCUT2D eigenvalue weighted by atomic mass is 9.98. The topological polar surface area (TPSA) is 184 Å². The van der Waals surface area contributed by atoms with Gasteiger partial charge in [-0.25, -0.2) is 19.6 Å². The van der Waals surface area contributed by atoms with Gasteiger partial charge in [-0.1, -0.05) is 62.4 Å². The second-order valence-corrected chi connectivity index (χ2v) is 17.1. The number of hydrogen-bond donors (Lipinski definition) is 4. The summed E-state index contributed by atoms with van der Waals surface area (Å²) < 4.78 is 39.1. The molecular weight excluding hydrogens is 815 g/mol. The monoisotopic (exact) mass is 866 g/mol. The molecule has 0 radical (unpaired) electrons. The molecule has 3 fully saturated rings. The molecule has 0 bridgehead atoms. The highest BCUT2D eigenvalue weighted by atomic mass is 19.3. The number of aromatic nitrogens is 4. The van der Waals surface area contributed by atoms with E-state index >= 15 is 0 Å². The van der Waals surface area contributed by atoms with Crippen LogP contribution in [0, 0.1) is 11.3 Å². The molecule has 332 valence electrons. The Morgan fingerprint density at radius 1 is 0.778 bits per heavy atom. The number of carbonyl (C=O) groups is 4. The highest BCUT2D eigenvalue weighted by molar-refractivity contribution is 5.91. The zero-order chi connectivity index (χ0) is 44.4. The van der Waals surface area contributed by atoms with Crippen molar-refractivity contribution in [2.24, 2.45) is 11.3 Å². The average molecular weight is 867 g/mol. The first-order valence-corrected chi connectivity index (χ1v) is 21.3. The number of benzene rings is 3. The predicted molar refractivity (Wildman–Crippen MR) is 229 cm³/mol. The van der Waals surface area contributed by atoms with Crippen LogP contribution in [0.25, 0.3) is 44.4 Å². The van der Waals surface area contributed by atoms with Gasteiger partial charge in [-0.2, -0.15) is 8.78 Å². The fraction of sp³-hybridized carbons (Fsp3) is 0.435. The lowest BCUT2D eigenvalue weighted by Crippen LogP contribution is -2.51. The molecule has 8 rings (SSSR count). The van der Waals surface area contributed by atoms with Gasteiger partial charge in [0, 0.05) is 25.1 Å². The molecule has 4 heterocycles. The molecule has 1 aliphatic carbocycles. The summed E-state index contributed by atoms with van der Waals surface area (Å²) in [5, 5.41) is 7.32. The van der Waals surface area contributed by atoms with Crippen LogP contribution in [0.15, 0.2) is 73.1 Å². The number of hydrogen-bond acceptors (Lipinski definition) is 9. The molecule has 5 aromatic rings. The molecule has 15 nitrogen and oxygen atoms in total. The highest BCUT2D eigenvalue weighted by Gasteiger charge is 2.55. The van der Waals surface area contributed by atoms with Gasteiger partial charge in [0.25, 0.3) is 0 Å². The molecule has 3 aliphatic rings. The quantitative estimate of drug-likeness (QED) is 0.0868. The van der Waals surface area contributed by atoms with Crippen LogP contribution in [0.2, 0.25) is 0 Å². The number of amides is 4. The molecule has 63 heavy (non-hydrogen) atoms. The molecule has 1 spiro atoms. The number of likely N-dealkylation sites (tertiary alicyclic amines) is 2. The van der Waals surface area contributed by atoms with Gasteiger partial charge in [0.1, 0.15) is 23.7 Å². The standard InChI is InChI=1S/C46H52F2N8O7/c1-26(2)38(54-45(60)62-4)42(58)56-25-46(16-17-46)22-37(56)40-50-24-35(52-40)32-14-13-30-20-29(11-12-31(30)21-32)27-7-9-28(10-8-27)34-23-49-39(51-34)36-6-5-18-55(36)41(57)33(53-44(59)61-3)15-19-63-43(47)48/h7-14,20-21,23-24,26,33,36-38,43H,5-6,15-19,22,25H2,1-4H3,(H,49,51)(H,50,52)(H,53,59)(H,54,60). The maximum atomic E-state index is 13.9. The lowest BCUT2D eigenvalue weighted by Gasteiger charge is -2.30. The van der Waals surface area contributed by atoms with Crippen LogP contribution < -0.4 is 10.6 Å². The fourth-order valence-corrected chi connectivity index (χ4v) is 8.94. The van der Waals surface area contributed by atoms with Crippen molar-refractivity contribution < 1.29 is 42.2 Å². The van der Waals surface area contributed by atoms with Crippen LogP contribution >= 0.6 is 0 Å². The van der Waals surface area contributed by atoms with Crippen LogP contribution in [-0.2, 0) is 23.8 Å². The molecule has 2 aromatic heterocycles. The van der Waals surface area contributed by atoms with Crippen molar-refractivity contribution in [3.05, 3.63) is 84.7 Å². The zero-order valence-electron chi connectivity index (χ0n) is 35.7. The van der Waals surface area contributed by atoms with Gasteiger partial charge in [0.15, 0.2) is 0 Å². The Kier molecular flexibility index (Phi) is 12.5. The fourth-order valence-electron chi connectivity index (χ4n) is 8.94. The third-order valence-electron chi connectivity index (χ3n) is 12.6. The van der Waals surface area contributed by atoms with E-state index in [1.54, 1.807) is 11.1 Å². The maximum Gasteiger partial charge on any atom is 0.407 e. The van der Waals surface area contributed by atoms with E-state index in [0.717, 1.165) is 76.6 Å². The second kappa shape index (κ2) is 18.2. The van der Waals surface area contributed by atoms with E-state index in [1.807, 2.05) is 49.2 Å². The number of alkyl halides is 2. The number of rotatable bonds is 14. The number of nitrogens with zero attached hydrogens (tertiary/aromatic N) is 4. The smallest absolute Gasteiger partial charge is 0.407 e. The minimum absolute atomic E-state index is 0.101. The van der Waals surface area contributed by atoms with Crippen molar-refractivity contribution in [3.8, 4) is 33.6 Å². The normalized spacial score (nSPS) is 18.9. The van der Waals surface area contributed by atoms with E-state index in [-0.39, 0.29) is 35.7 Å². The van der Waals surface area contributed by atoms with Crippen LogP contribution in [0.1, 0.15) is 76.1 Å². The predicted octanol–water partition coefficient (Wildman–Crippen LogP) is 7.74. The number of H-pyrrole nitrogens is 2. The summed E-state index contributed by atoms with van der Waals surface area (Å²) in [5.74, 6) is 0.654. The Morgan fingerprint density at radius 3 is 2.00 bits per heavy atom. The van der Waals surface area contributed by atoms with Crippen LogP contribution in [-0.4, -0.2) is 106 Å². The Labute approximate surface area is 363 Å². The van der Waals surface area contributed by atoms with Gasteiger partial charge in [-0.3, -0.25) is 9.59 Å². The SMILES string of the molecule is COC(=O)NC(CCOC(F)F)C(=O)N1CCCC1c1ncc(-c2ccc(-c3ccc4cc(-c5cnc(C6CC7(CC7)CN6C(=O)C(NC(=O)OC)C(C)C)[nH]5)ccc4c3)cc2)[nH]1. The van der Waals surface area contributed by atoms with E-state index in [4.69, 9.17) is 9.72 Å². The maximum absolute atomic E-state index is 13.9. The van der Waals surface area contributed by atoms with Crippen molar-refractivity contribution in [2.75, 3.05) is 33.9 Å². The van der Waals surface area contributed by atoms with Crippen LogP contribution in [0.4, 0.5) is 18.4 Å². The number of halogens is 2. The lowest BCUT2D eigenvalue weighted by molar-refractivity contribution is -0.141. The average Bonchev–Trinajstić information content (AvgIpc) is 3.82. The first-order valence-electron chi connectivity index (χ1n) is 21.3. The Hall–Kier alpha value is -6.36. The number of carbonyl (C=O) groups excluding carboxylic acids is 4. The molecule has 3 aromatic carbocycles. The van der Waals surface area contributed by atoms with E-state index in [9.17, 15) is 28.0 Å². The minimum Gasteiger partial charge on any atom is -0.453 e. The Morgan fingerprint density at radius 2 is 1.37 bits per heavy atom. The summed E-state index contributed by atoms with van der Waals surface area (Å²) in [5.41, 5.74) is 5.69. The van der Waals surface area contributed by atoms with Crippen LogP contribution in [0.3, 0.4) is 0 Å². The molecule has 2 aliphatic heterocycles. The third kappa shape index (κ3) is 9.38. The number of fused-ring (bicyclic) bond motifs is 1. The molecule has 4 N–H and O–H groups in total. The second-order valence-electron chi connectivity index (χ2n) is 17.1. The number of imidazole rings is 2. The molecule has 17 heteroatoms. The number of alkyl carbamates (subject to hydrolysis) is 2. The van der Waals surface area contributed by atoms with Crippen molar-refractivity contribution in [3.63, 3.8) is 0 Å². The summed E-state index contributed by atoms with van der Waals surface area (Å²) in [7, 11) is 2.46. The molecular formula is C46H52F2N8O7.